The van der Waals surface area contributed by atoms with Crippen LogP contribution in [-0.4, -0.2) is 9.97 Å². The molecule has 0 fully saturated rings. The summed E-state index contributed by atoms with van der Waals surface area (Å²) in [5.74, 6) is 0.558. The fourth-order valence-electron chi connectivity index (χ4n) is 2.20. The number of hydrogen-bond donors (Lipinski definition) is 0. The predicted octanol–water partition coefficient (Wildman–Crippen LogP) is 4.68. The molecule has 0 saturated heterocycles. The summed E-state index contributed by atoms with van der Waals surface area (Å²) in [4.78, 5) is 8.85. The Bertz CT molecular complexity index is 601. The molecule has 0 aliphatic rings. The van der Waals surface area contributed by atoms with Crippen LogP contribution in [0.3, 0.4) is 0 Å². The summed E-state index contributed by atoms with van der Waals surface area (Å²) >= 11 is 6.24. The van der Waals surface area contributed by atoms with E-state index >= 15 is 0 Å². The van der Waals surface area contributed by atoms with Crippen LogP contribution in [0.1, 0.15) is 36.6 Å². The smallest absolute Gasteiger partial charge is 0.161 e. The molecular formula is C15H16ClFN2. The molecule has 0 N–H and O–H groups in total. The van der Waals surface area contributed by atoms with E-state index in [9.17, 15) is 4.39 Å². The van der Waals surface area contributed by atoms with E-state index in [1.54, 1.807) is 6.07 Å². The Morgan fingerprint density at radius 3 is 2.37 bits per heavy atom. The zero-order valence-corrected chi connectivity index (χ0v) is 12.2. The quantitative estimate of drug-likeness (QED) is 0.746. The lowest BCUT2D eigenvalue weighted by Crippen LogP contribution is -2.02. The van der Waals surface area contributed by atoms with Crippen LogP contribution < -0.4 is 0 Å². The lowest BCUT2D eigenvalue weighted by molar-refractivity contribution is 0.627. The molecule has 1 aromatic carbocycles. The average molecular weight is 279 g/mol. The summed E-state index contributed by atoms with van der Waals surface area (Å²) in [6, 6.07) is 4.56. The molecule has 2 aromatic rings. The zero-order chi connectivity index (χ0) is 14.2. The van der Waals surface area contributed by atoms with E-state index < -0.39 is 0 Å². The molecule has 0 bridgehead atoms. The van der Waals surface area contributed by atoms with Gasteiger partial charge in [-0.05, 0) is 43.5 Å². The van der Waals surface area contributed by atoms with Crippen LogP contribution >= 0.6 is 11.6 Å². The normalized spacial score (nSPS) is 11.1. The Morgan fingerprint density at radius 2 is 1.84 bits per heavy atom. The molecule has 0 aliphatic carbocycles. The molecule has 4 heteroatoms. The first-order chi connectivity index (χ1) is 8.90. The lowest BCUT2D eigenvalue weighted by Gasteiger charge is -2.13. The van der Waals surface area contributed by atoms with Gasteiger partial charge in [0.05, 0.1) is 0 Å². The van der Waals surface area contributed by atoms with Crippen molar-refractivity contribution < 1.29 is 4.39 Å². The minimum atomic E-state index is -0.261. The third-order valence-corrected chi connectivity index (χ3v) is 3.38. The molecule has 0 radical (unpaired) electrons. The minimum Gasteiger partial charge on any atom is -0.233 e. The first-order valence-corrected chi connectivity index (χ1v) is 6.58. The highest BCUT2D eigenvalue weighted by molar-refractivity contribution is 6.30. The highest BCUT2D eigenvalue weighted by Crippen LogP contribution is 2.29. The van der Waals surface area contributed by atoms with Gasteiger partial charge in [-0.3, -0.25) is 0 Å². The summed E-state index contributed by atoms with van der Waals surface area (Å²) in [5.41, 5.74) is 3.44. The second-order valence-corrected chi connectivity index (χ2v) is 5.31. The first kappa shape index (κ1) is 13.9. The monoisotopic (exact) mass is 278 g/mol. The Hall–Kier alpha value is -1.48. The zero-order valence-electron chi connectivity index (χ0n) is 11.5. The van der Waals surface area contributed by atoms with Crippen molar-refractivity contribution in [2.24, 2.45) is 0 Å². The number of aromatic nitrogens is 2. The summed E-state index contributed by atoms with van der Waals surface area (Å²) in [7, 11) is 0. The van der Waals surface area contributed by atoms with Gasteiger partial charge in [-0.2, -0.15) is 0 Å². The largest absolute Gasteiger partial charge is 0.233 e. The van der Waals surface area contributed by atoms with Crippen LogP contribution in [0.5, 0.6) is 0 Å². The van der Waals surface area contributed by atoms with E-state index in [0.29, 0.717) is 11.0 Å². The molecule has 1 heterocycles. The molecule has 0 spiro atoms. The Balaban J connectivity index is 2.58. The van der Waals surface area contributed by atoms with Gasteiger partial charge in [0.15, 0.2) is 5.82 Å². The second kappa shape index (κ2) is 5.25. The van der Waals surface area contributed by atoms with Gasteiger partial charge in [0.1, 0.15) is 11.0 Å². The van der Waals surface area contributed by atoms with Crippen LogP contribution in [0.15, 0.2) is 18.2 Å². The van der Waals surface area contributed by atoms with Crippen LogP contribution in [0.4, 0.5) is 4.39 Å². The molecule has 0 aliphatic heterocycles. The highest BCUT2D eigenvalue weighted by atomic mass is 35.5. The molecule has 2 rings (SSSR count). The standard InChI is InChI=1S/C15H16ClFN2/c1-8(2)13-10(4)18-15(19-14(13)16)12-6-5-11(17)7-9(12)3/h5-8H,1-4H3. The minimum absolute atomic E-state index is 0.261. The van der Waals surface area contributed by atoms with E-state index in [1.807, 2.05) is 13.8 Å². The van der Waals surface area contributed by atoms with E-state index in [4.69, 9.17) is 11.6 Å². The van der Waals surface area contributed by atoms with E-state index in [0.717, 1.165) is 22.4 Å². The lowest BCUT2D eigenvalue weighted by atomic mass is 10.0. The topological polar surface area (TPSA) is 25.8 Å². The van der Waals surface area contributed by atoms with E-state index in [-0.39, 0.29) is 11.7 Å². The number of rotatable bonds is 2. The van der Waals surface area contributed by atoms with E-state index in [2.05, 4.69) is 23.8 Å². The van der Waals surface area contributed by atoms with Crippen LogP contribution in [-0.2, 0) is 0 Å². The van der Waals surface area contributed by atoms with Crippen LogP contribution in [0, 0.1) is 19.7 Å². The van der Waals surface area contributed by atoms with E-state index in [1.165, 1.54) is 12.1 Å². The predicted molar refractivity (Wildman–Crippen MR) is 76.0 cm³/mol. The SMILES string of the molecule is Cc1cc(F)ccc1-c1nc(C)c(C(C)C)c(Cl)n1. The van der Waals surface area contributed by atoms with Crippen molar-refractivity contribution >= 4 is 11.6 Å². The summed E-state index contributed by atoms with van der Waals surface area (Å²) < 4.78 is 13.1. The summed E-state index contributed by atoms with van der Waals surface area (Å²) in [5, 5.41) is 0.473. The number of nitrogens with zero attached hydrogens (tertiary/aromatic N) is 2. The second-order valence-electron chi connectivity index (χ2n) is 4.95. The van der Waals surface area contributed by atoms with Crippen molar-refractivity contribution in [3.05, 3.63) is 46.0 Å². The highest BCUT2D eigenvalue weighted by Gasteiger charge is 2.15. The van der Waals surface area contributed by atoms with Crippen molar-refractivity contribution in [1.82, 2.24) is 9.97 Å². The molecular weight excluding hydrogens is 263 g/mol. The van der Waals surface area contributed by atoms with Gasteiger partial charge in [0, 0.05) is 16.8 Å². The van der Waals surface area contributed by atoms with Crippen molar-refractivity contribution in [1.29, 1.82) is 0 Å². The fraction of sp³-hybridized carbons (Fsp3) is 0.333. The van der Waals surface area contributed by atoms with Gasteiger partial charge in [-0.15, -0.1) is 0 Å². The Morgan fingerprint density at radius 1 is 1.16 bits per heavy atom. The van der Waals surface area contributed by atoms with Crippen molar-refractivity contribution in [2.45, 2.75) is 33.6 Å². The van der Waals surface area contributed by atoms with Gasteiger partial charge >= 0.3 is 0 Å². The molecule has 19 heavy (non-hydrogen) atoms. The van der Waals surface area contributed by atoms with Crippen LogP contribution in [0.2, 0.25) is 5.15 Å². The van der Waals surface area contributed by atoms with Gasteiger partial charge < -0.3 is 0 Å². The molecule has 0 amide bonds. The summed E-state index contributed by atoms with van der Waals surface area (Å²) in [6.07, 6.45) is 0. The van der Waals surface area contributed by atoms with Gasteiger partial charge in [0.25, 0.3) is 0 Å². The molecule has 1 aromatic heterocycles. The number of hydrogen-bond acceptors (Lipinski definition) is 2. The third-order valence-electron chi connectivity index (χ3n) is 3.10. The van der Waals surface area contributed by atoms with Gasteiger partial charge in [0.2, 0.25) is 0 Å². The molecule has 2 nitrogen and oxygen atoms in total. The summed E-state index contributed by atoms with van der Waals surface area (Å²) in [6.45, 7) is 7.87. The Labute approximate surface area is 117 Å². The van der Waals surface area contributed by atoms with Gasteiger partial charge in [-0.25, -0.2) is 14.4 Å². The van der Waals surface area contributed by atoms with Gasteiger partial charge in [-0.1, -0.05) is 25.4 Å². The number of benzene rings is 1. The van der Waals surface area contributed by atoms with Crippen LogP contribution in [0.25, 0.3) is 11.4 Å². The first-order valence-electron chi connectivity index (χ1n) is 6.20. The van der Waals surface area contributed by atoms with Crippen molar-refractivity contribution in [2.75, 3.05) is 0 Å². The Kier molecular flexibility index (Phi) is 3.85. The number of halogens is 2. The van der Waals surface area contributed by atoms with Crippen molar-refractivity contribution in [3.8, 4) is 11.4 Å². The average Bonchev–Trinajstić information content (AvgIpc) is 2.26. The number of aryl methyl sites for hydroxylation is 2. The molecule has 0 atom stereocenters. The van der Waals surface area contributed by atoms with Crippen molar-refractivity contribution in [3.63, 3.8) is 0 Å². The fourth-order valence-corrected chi connectivity index (χ4v) is 2.64. The maximum absolute atomic E-state index is 13.1. The third kappa shape index (κ3) is 2.76. The molecule has 0 unspecified atom stereocenters. The molecule has 100 valence electrons. The molecule has 0 saturated carbocycles. The maximum Gasteiger partial charge on any atom is 0.161 e. The maximum atomic E-state index is 13.1.